The summed E-state index contributed by atoms with van der Waals surface area (Å²) in [7, 11) is 0. The molecular weight excluding hydrogens is 318 g/mol. The van der Waals surface area contributed by atoms with E-state index in [1.165, 1.54) is 0 Å². The van der Waals surface area contributed by atoms with Gasteiger partial charge in [-0.2, -0.15) is 10.4 Å². The molecule has 1 aliphatic rings. The predicted octanol–water partition coefficient (Wildman–Crippen LogP) is 1.83. The van der Waals surface area contributed by atoms with E-state index in [0.29, 0.717) is 30.4 Å². The minimum absolute atomic E-state index is 0.00809. The number of amides is 1. The lowest BCUT2D eigenvalue weighted by Crippen LogP contribution is -2.44. The second-order valence-corrected chi connectivity index (χ2v) is 5.83. The molecule has 0 atom stereocenters. The first-order valence-corrected chi connectivity index (χ1v) is 8.19. The third kappa shape index (κ3) is 4.67. The summed E-state index contributed by atoms with van der Waals surface area (Å²) >= 11 is 0. The summed E-state index contributed by atoms with van der Waals surface area (Å²) in [4.78, 5) is 14.1. The molecular formula is C18H19N5O2. The fourth-order valence-electron chi connectivity index (χ4n) is 2.72. The smallest absolute Gasteiger partial charge is 0.260 e. The standard InChI is InChI=1S/C18H19N5O2/c19-12-14-3-5-16(6-4-14)25-13-18(24)23-10-7-15(8-11-23)21-17-2-1-9-20-22-17/h1-6,9,15H,7-8,10-11,13H2,(H,21,22). The van der Waals surface area contributed by atoms with E-state index in [2.05, 4.69) is 15.5 Å². The molecule has 0 spiro atoms. The molecule has 3 rings (SSSR count). The van der Waals surface area contributed by atoms with Crippen LogP contribution in [0.4, 0.5) is 5.82 Å². The quantitative estimate of drug-likeness (QED) is 0.895. The highest BCUT2D eigenvalue weighted by atomic mass is 16.5. The SMILES string of the molecule is N#Cc1ccc(OCC(=O)N2CCC(Nc3cccnn3)CC2)cc1. The van der Waals surface area contributed by atoms with Crippen molar-refractivity contribution in [3.05, 3.63) is 48.2 Å². The number of nitrogens with one attached hydrogen (secondary N) is 1. The van der Waals surface area contributed by atoms with Crippen molar-refractivity contribution in [3.63, 3.8) is 0 Å². The third-order valence-corrected chi connectivity index (χ3v) is 4.12. The maximum Gasteiger partial charge on any atom is 0.260 e. The molecule has 1 fully saturated rings. The zero-order chi connectivity index (χ0) is 17.5. The van der Waals surface area contributed by atoms with E-state index in [-0.39, 0.29) is 12.5 Å². The first kappa shape index (κ1) is 16.7. The highest BCUT2D eigenvalue weighted by molar-refractivity contribution is 5.77. The average Bonchev–Trinajstić information content (AvgIpc) is 2.68. The highest BCUT2D eigenvalue weighted by Gasteiger charge is 2.23. The van der Waals surface area contributed by atoms with Gasteiger partial charge >= 0.3 is 0 Å². The molecule has 1 saturated heterocycles. The van der Waals surface area contributed by atoms with E-state index < -0.39 is 0 Å². The molecule has 0 saturated carbocycles. The van der Waals surface area contributed by atoms with Crippen molar-refractivity contribution in [2.75, 3.05) is 25.0 Å². The Morgan fingerprint density at radius 3 is 2.68 bits per heavy atom. The summed E-state index contributed by atoms with van der Waals surface area (Å²) in [5.41, 5.74) is 0.566. The molecule has 1 aliphatic heterocycles. The molecule has 0 unspecified atom stereocenters. The molecule has 1 N–H and O–H groups in total. The van der Waals surface area contributed by atoms with Crippen molar-refractivity contribution < 1.29 is 9.53 Å². The first-order chi connectivity index (χ1) is 12.2. The number of carbonyl (C=O) groups is 1. The largest absolute Gasteiger partial charge is 0.484 e. The number of piperidine rings is 1. The minimum atomic E-state index is -0.0256. The Morgan fingerprint density at radius 2 is 2.04 bits per heavy atom. The van der Waals surface area contributed by atoms with Crippen LogP contribution in [-0.2, 0) is 4.79 Å². The molecule has 1 aromatic heterocycles. The number of nitrogens with zero attached hydrogens (tertiary/aromatic N) is 4. The van der Waals surface area contributed by atoms with Crippen LogP contribution in [0.5, 0.6) is 5.75 Å². The average molecular weight is 337 g/mol. The Hall–Kier alpha value is -3.14. The van der Waals surface area contributed by atoms with Gasteiger partial charge in [-0.1, -0.05) is 0 Å². The molecule has 0 bridgehead atoms. The molecule has 2 aromatic rings. The van der Waals surface area contributed by atoms with Gasteiger partial charge in [0.15, 0.2) is 6.61 Å². The van der Waals surface area contributed by atoms with Crippen LogP contribution < -0.4 is 10.1 Å². The summed E-state index contributed by atoms with van der Waals surface area (Å²) in [5, 5.41) is 20.0. The Balaban J connectivity index is 1.42. The van der Waals surface area contributed by atoms with Crippen molar-refractivity contribution in [1.82, 2.24) is 15.1 Å². The fourth-order valence-corrected chi connectivity index (χ4v) is 2.72. The molecule has 2 heterocycles. The summed E-state index contributed by atoms with van der Waals surface area (Å²) < 4.78 is 5.51. The van der Waals surface area contributed by atoms with Crippen LogP contribution in [0.1, 0.15) is 18.4 Å². The lowest BCUT2D eigenvalue weighted by molar-refractivity contribution is -0.134. The van der Waals surface area contributed by atoms with Crippen molar-refractivity contribution in [2.24, 2.45) is 0 Å². The number of likely N-dealkylation sites (tertiary alicyclic amines) is 1. The number of aromatic nitrogens is 2. The van der Waals surface area contributed by atoms with Gasteiger partial charge in [0, 0.05) is 25.3 Å². The molecule has 7 nitrogen and oxygen atoms in total. The zero-order valence-electron chi connectivity index (χ0n) is 13.8. The Labute approximate surface area is 146 Å². The van der Waals surface area contributed by atoms with Crippen LogP contribution in [0, 0.1) is 11.3 Å². The van der Waals surface area contributed by atoms with E-state index in [9.17, 15) is 4.79 Å². The zero-order valence-corrected chi connectivity index (χ0v) is 13.8. The van der Waals surface area contributed by atoms with Crippen LogP contribution >= 0.6 is 0 Å². The number of hydrogen-bond donors (Lipinski definition) is 1. The van der Waals surface area contributed by atoms with Crippen LogP contribution in [0.3, 0.4) is 0 Å². The van der Waals surface area contributed by atoms with Gasteiger partial charge in [0.1, 0.15) is 11.6 Å². The van der Waals surface area contributed by atoms with Gasteiger partial charge in [-0.15, -0.1) is 5.10 Å². The fraction of sp³-hybridized carbons (Fsp3) is 0.333. The van der Waals surface area contributed by atoms with Crippen LogP contribution in [0.2, 0.25) is 0 Å². The normalized spacial score (nSPS) is 14.6. The van der Waals surface area contributed by atoms with Crippen molar-refractivity contribution in [3.8, 4) is 11.8 Å². The second-order valence-electron chi connectivity index (χ2n) is 5.83. The van der Waals surface area contributed by atoms with Crippen LogP contribution in [-0.4, -0.2) is 46.7 Å². The van der Waals surface area contributed by atoms with E-state index in [1.54, 1.807) is 30.5 Å². The van der Waals surface area contributed by atoms with Crippen molar-refractivity contribution >= 4 is 11.7 Å². The Bertz CT molecular complexity index is 734. The number of ether oxygens (including phenoxy) is 1. The maximum absolute atomic E-state index is 12.3. The molecule has 0 aliphatic carbocycles. The topological polar surface area (TPSA) is 91.1 Å². The number of nitriles is 1. The van der Waals surface area contributed by atoms with Gasteiger partial charge in [0.2, 0.25) is 0 Å². The maximum atomic E-state index is 12.3. The van der Waals surface area contributed by atoms with Gasteiger partial charge in [-0.25, -0.2) is 0 Å². The number of hydrogen-bond acceptors (Lipinski definition) is 6. The van der Waals surface area contributed by atoms with Crippen molar-refractivity contribution in [2.45, 2.75) is 18.9 Å². The van der Waals surface area contributed by atoms with Crippen LogP contribution in [0.15, 0.2) is 42.6 Å². The van der Waals surface area contributed by atoms with Gasteiger partial charge in [-0.05, 0) is 49.2 Å². The van der Waals surface area contributed by atoms with Gasteiger partial charge in [-0.3, -0.25) is 4.79 Å². The number of benzene rings is 1. The Kier molecular flexibility index (Phi) is 5.42. The summed E-state index contributed by atoms with van der Waals surface area (Å²) in [6.07, 6.45) is 3.36. The van der Waals surface area contributed by atoms with Crippen LogP contribution in [0.25, 0.3) is 0 Å². The Morgan fingerprint density at radius 1 is 1.28 bits per heavy atom. The predicted molar refractivity (Wildman–Crippen MR) is 91.9 cm³/mol. The summed E-state index contributed by atoms with van der Waals surface area (Å²) in [5.74, 6) is 1.32. The molecule has 128 valence electrons. The van der Waals surface area contributed by atoms with Gasteiger partial charge < -0.3 is 15.0 Å². The van der Waals surface area contributed by atoms with E-state index in [0.717, 1.165) is 18.7 Å². The molecule has 1 aromatic carbocycles. The van der Waals surface area contributed by atoms with E-state index in [1.807, 2.05) is 23.1 Å². The van der Waals surface area contributed by atoms with Gasteiger partial charge in [0.05, 0.1) is 11.6 Å². The minimum Gasteiger partial charge on any atom is -0.484 e. The number of anilines is 1. The van der Waals surface area contributed by atoms with E-state index in [4.69, 9.17) is 10.00 Å². The molecule has 0 radical (unpaired) electrons. The lowest BCUT2D eigenvalue weighted by atomic mass is 10.1. The first-order valence-electron chi connectivity index (χ1n) is 8.19. The molecule has 1 amide bonds. The monoisotopic (exact) mass is 337 g/mol. The second kappa shape index (κ2) is 8.11. The summed E-state index contributed by atoms with van der Waals surface area (Å²) in [6.45, 7) is 1.38. The van der Waals surface area contributed by atoms with E-state index >= 15 is 0 Å². The number of rotatable bonds is 5. The molecule has 25 heavy (non-hydrogen) atoms. The number of carbonyl (C=O) groups excluding carboxylic acids is 1. The van der Waals surface area contributed by atoms with Crippen molar-refractivity contribution in [1.29, 1.82) is 5.26 Å². The lowest BCUT2D eigenvalue weighted by Gasteiger charge is -2.32. The molecule has 7 heteroatoms. The highest BCUT2D eigenvalue weighted by Crippen LogP contribution is 2.16. The van der Waals surface area contributed by atoms with Gasteiger partial charge in [0.25, 0.3) is 5.91 Å². The summed E-state index contributed by atoms with van der Waals surface area (Å²) in [6, 6.07) is 12.8. The third-order valence-electron chi connectivity index (χ3n) is 4.12.